The van der Waals surface area contributed by atoms with Gasteiger partial charge in [-0.05, 0) is 18.4 Å². The van der Waals surface area contributed by atoms with Crippen molar-refractivity contribution < 1.29 is 14.3 Å². The summed E-state index contributed by atoms with van der Waals surface area (Å²) in [5, 5.41) is 14.2. The van der Waals surface area contributed by atoms with Crippen molar-refractivity contribution in [3.63, 3.8) is 0 Å². The van der Waals surface area contributed by atoms with Crippen molar-refractivity contribution in [3.05, 3.63) is 41.7 Å². The summed E-state index contributed by atoms with van der Waals surface area (Å²) in [6.07, 6.45) is 2.60. The first-order valence-corrected chi connectivity index (χ1v) is 9.82. The Labute approximate surface area is 162 Å². The molecule has 1 aliphatic carbocycles. The third kappa shape index (κ3) is 6.07. The molecule has 9 heteroatoms. The molecule has 1 aromatic heterocycles. The molecule has 0 spiro atoms. The van der Waals surface area contributed by atoms with Crippen LogP contribution in [0.4, 0.5) is 4.79 Å². The Morgan fingerprint density at radius 1 is 1.26 bits per heavy atom. The highest BCUT2D eigenvalue weighted by Gasteiger charge is 2.24. The van der Waals surface area contributed by atoms with Gasteiger partial charge in [-0.15, -0.1) is 10.2 Å². The summed E-state index contributed by atoms with van der Waals surface area (Å²) in [5.74, 6) is 0.547. The number of amides is 3. The number of thioether (sulfide) groups is 1. The number of nitrogens with one attached hydrogen (secondary N) is 2. The molecule has 2 N–H and O–H groups in total. The Morgan fingerprint density at radius 3 is 2.74 bits per heavy atom. The largest absolute Gasteiger partial charge is 0.383 e. The number of hydrogen-bond donors (Lipinski definition) is 2. The van der Waals surface area contributed by atoms with E-state index in [9.17, 15) is 9.59 Å². The molecular weight excluding hydrogens is 366 g/mol. The summed E-state index contributed by atoms with van der Waals surface area (Å²) in [6.45, 7) is 1.11. The lowest BCUT2D eigenvalue weighted by molar-refractivity contribution is -0.117. The molecule has 0 bridgehead atoms. The van der Waals surface area contributed by atoms with Gasteiger partial charge in [0.15, 0.2) is 5.16 Å². The Hall–Kier alpha value is -2.39. The molecule has 8 nitrogen and oxygen atoms in total. The van der Waals surface area contributed by atoms with Crippen LogP contribution in [-0.4, -0.2) is 52.2 Å². The number of ether oxygens (including phenoxy) is 1. The molecular formula is C18H23N5O3S. The molecule has 1 fully saturated rings. The first-order chi connectivity index (χ1) is 13.2. The molecule has 0 saturated heterocycles. The van der Waals surface area contributed by atoms with Gasteiger partial charge in [-0.3, -0.25) is 10.1 Å². The summed E-state index contributed by atoms with van der Waals surface area (Å²) in [6, 6.07) is 9.79. The second-order valence-electron chi connectivity index (χ2n) is 6.29. The van der Waals surface area contributed by atoms with Crippen molar-refractivity contribution in [2.45, 2.75) is 37.0 Å². The molecule has 0 atom stereocenters. The fraction of sp³-hybridized carbons (Fsp3) is 0.444. The monoisotopic (exact) mass is 389 g/mol. The topological polar surface area (TPSA) is 98.1 Å². The summed E-state index contributed by atoms with van der Waals surface area (Å²) >= 11 is 1.26. The predicted octanol–water partition coefficient (Wildman–Crippen LogP) is 1.60. The van der Waals surface area contributed by atoms with E-state index in [0.717, 1.165) is 24.2 Å². The van der Waals surface area contributed by atoms with Crippen molar-refractivity contribution >= 4 is 23.7 Å². The Morgan fingerprint density at radius 2 is 2.04 bits per heavy atom. The van der Waals surface area contributed by atoms with E-state index in [2.05, 4.69) is 20.8 Å². The highest BCUT2D eigenvalue weighted by molar-refractivity contribution is 7.99. The van der Waals surface area contributed by atoms with Gasteiger partial charge in [0, 0.05) is 26.1 Å². The van der Waals surface area contributed by atoms with Gasteiger partial charge in [0.1, 0.15) is 5.82 Å². The van der Waals surface area contributed by atoms with Crippen LogP contribution in [0.15, 0.2) is 35.5 Å². The lowest BCUT2D eigenvalue weighted by Crippen LogP contribution is -2.41. The van der Waals surface area contributed by atoms with E-state index in [-0.39, 0.29) is 17.7 Å². The first kappa shape index (κ1) is 19.4. The van der Waals surface area contributed by atoms with Crippen molar-refractivity contribution in [1.82, 2.24) is 25.4 Å². The SMILES string of the molecule is COCCn1c(Cc2ccccc2)nnc1SCC(=O)NC(=O)NC1CC1. The third-order valence-corrected chi connectivity index (χ3v) is 4.98. The van der Waals surface area contributed by atoms with Crippen LogP contribution in [0.25, 0.3) is 0 Å². The molecule has 0 unspecified atom stereocenters. The Kier molecular flexibility index (Phi) is 6.83. The molecule has 1 heterocycles. The van der Waals surface area contributed by atoms with Gasteiger partial charge < -0.3 is 14.6 Å². The summed E-state index contributed by atoms with van der Waals surface area (Å²) in [7, 11) is 1.64. The van der Waals surface area contributed by atoms with Crippen LogP contribution in [0.2, 0.25) is 0 Å². The molecule has 0 radical (unpaired) electrons. The van der Waals surface area contributed by atoms with Crippen LogP contribution in [-0.2, 0) is 22.5 Å². The van der Waals surface area contributed by atoms with Crippen LogP contribution in [0.3, 0.4) is 0 Å². The fourth-order valence-electron chi connectivity index (χ4n) is 2.48. The predicted molar refractivity (Wildman–Crippen MR) is 102 cm³/mol. The van der Waals surface area contributed by atoms with Crippen LogP contribution in [0.5, 0.6) is 0 Å². The van der Waals surface area contributed by atoms with Crippen molar-refractivity contribution in [2.24, 2.45) is 0 Å². The average Bonchev–Trinajstić information content (AvgIpc) is 3.39. The molecule has 1 aliphatic rings. The quantitative estimate of drug-likeness (QED) is 0.632. The number of urea groups is 1. The van der Waals surface area contributed by atoms with E-state index in [1.807, 2.05) is 34.9 Å². The van der Waals surface area contributed by atoms with Crippen LogP contribution >= 0.6 is 11.8 Å². The standard InChI is InChI=1S/C18H23N5O3S/c1-26-10-9-23-15(11-13-5-3-2-4-6-13)21-22-18(23)27-12-16(24)20-17(25)19-14-7-8-14/h2-6,14H,7-12H2,1H3,(H2,19,20,24,25). The molecule has 1 saturated carbocycles. The van der Waals surface area contributed by atoms with Crippen LogP contribution in [0, 0.1) is 0 Å². The average molecular weight is 389 g/mol. The zero-order valence-electron chi connectivity index (χ0n) is 15.2. The molecule has 2 aromatic rings. The van der Waals surface area contributed by atoms with E-state index in [0.29, 0.717) is 24.7 Å². The smallest absolute Gasteiger partial charge is 0.321 e. The lowest BCUT2D eigenvalue weighted by atomic mass is 10.1. The number of imide groups is 1. The number of carbonyl (C=O) groups excluding carboxylic acids is 2. The van der Waals surface area contributed by atoms with Gasteiger partial charge in [-0.25, -0.2) is 4.79 Å². The van der Waals surface area contributed by atoms with Gasteiger partial charge in [-0.1, -0.05) is 42.1 Å². The zero-order valence-corrected chi connectivity index (χ0v) is 16.0. The van der Waals surface area contributed by atoms with Crippen molar-refractivity contribution in [1.29, 1.82) is 0 Å². The normalized spacial score (nSPS) is 13.4. The number of benzene rings is 1. The highest BCUT2D eigenvalue weighted by Crippen LogP contribution is 2.19. The Bertz CT molecular complexity index is 777. The van der Waals surface area contributed by atoms with E-state index < -0.39 is 6.03 Å². The van der Waals surface area contributed by atoms with Gasteiger partial charge in [0.05, 0.1) is 12.4 Å². The van der Waals surface area contributed by atoms with Gasteiger partial charge >= 0.3 is 6.03 Å². The first-order valence-electron chi connectivity index (χ1n) is 8.84. The van der Waals surface area contributed by atoms with E-state index >= 15 is 0 Å². The molecule has 1 aromatic carbocycles. The van der Waals surface area contributed by atoms with Gasteiger partial charge in [0.2, 0.25) is 5.91 Å². The number of hydrogen-bond acceptors (Lipinski definition) is 6. The van der Waals surface area contributed by atoms with E-state index in [1.54, 1.807) is 7.11 Å². The Balaban J connectivity index is 1.59. The minimum absolute atomic E-state index is 0.0918. The highest BCUT2D eigenvalue weighted by atomic mass is 32.2. The number of aromatic nitrogens is 3. The second kappa shape index (κ2) is 9.52. The maximum Gasteiger partial charge on any atom is 0.321 e. The van der Waals surface area contributed by atoms with E-state index in [4.69, 9.17) is 4.74 Å². The van der Waals surface area contributed by atoms with E-state index in [1.165, 1.54) is 11.8 Å². The van der Waals surface area contributed by atoms with Gasteiger partial charge in [-0.2, -0.15) is 0 Å². The van der Waals surface area contributed by atoms with Crippen molar-refractivity contribution in [2.75, 3.05) is 19.5 Å². The molecule has 3 rings (SSSR count). The maximum atomic E-state index is 12.0. The summed E-state index contributed by atoms with van der Waals surface area (Å²) < 4.78 is 7.14. The number of rotatable bonds is 9. The minimum Gasteiger partial charge on any atom is -0.383 e. The summed E-state index contributed by atoms with van der Waals surface area (Å²) in [5.41, 5.74) is 1.13. The number of methoxy groups -OCH3 is 1. The molecule has 3 amide bonds. The lowest BCUT2D eigenvalue weighted by Gasteiger charge is -2.10. The van der Waals surface area contributed by atoms with Crippen molar-refractivity contribution in [3.8, 4) is 0 Å². The molecule has 144 valence electrons. The number of carbonyl (C=O) groups is 2. The second-order valence-corrected chi connectivity index (χ2v) is 7.23. The molecule has 0 aliphatic heterocycles. The summed E-state index contributed by atoms with van der Waals surface area (Å²) in [4.78, 5) is 23.6. The fourth-order valence-corrected chi connectivity index (χ4v) is 3.27. The van der Waals surface area contributed by atoms with Crippen LogP contribution in [0.1, 0.15) is 24.2 Å². The van der Waals surface area contributed by atoms with Gasteiger partial charge in [0.25, 0.3) is 0 Å². The molecule has 27 heavy (non-hydrogen) atoms. The van der Waals surface area contributed by atoms with Crippen LogP contribution < -0.4 is 10.6 Å². The minimum atomic E-state index is -0.436. The third-order valence-electron chi connectivity index (χ3n) is 4.02. The maximum absolute atomic E-state index is 12.0. The zero-order chi connectivity index (χ0) is 19.1. The number of nitrogens with zero attached hydrogens (tertiary/aromatic N) is 3.